The highest BCUT2D eigenvalue weighted by atomic mass is 32.2. The minimum atomic E-state index is -0.400. The van der Waals surface area contributed by atoms with Crippen LogP contribution in [0.3, 0.4) is 0 Å². The molecule has 0 saturated carbocycles. The van der Waals surface area contributed by atoms with E-state index in [1.54, 1.807) is 23.7 Å². The van der Waals surface area contributed by atoms with Crippen molar-refractivity contribution in [2.24, 2.45) is 0 Å². The maximum Gasteiger partial charge on any atom is 0.219 e. The Labute approximate surface area is 200 Å². The van der Waals surface area contributed by atoms with Crippen LogP contribution in [0.5, 0.6) is 0 Å². The number of amides is 1. The van der Waals surface area contributed by atoms with Crippen molar-refractivity contribution in [3.63, 3.8) is 0 Å². The van der Waals surface area contributed by atoms with Crippen molar-refractivity contribution in [2.75, 3.05) is 13.1 Å². The van der Waals surface area contributed by atoms with Crippen LogP contribution in [0, 0.1) is 24.1 Å². The Balaban J connectivity index is 1.52. The third-order valence-electron chi connectivity index (χ3n) is 6.22. The number of aromatic nitrogens is 5. The van der Waals surface area contributed by atoms with Gasteiger partial charge in [-0.2, -0.15) is 15.5 Å². The average molecular weight is 476 g/mol. The minimum Gasteiger partial charge on any atom is -0.343 e. The monoisotopic (exact) mass is 475 g/mol. The number of fused-ring (bicyclic) bond motifs is 1. The Hall–Kier alpha value is -3.71. The van der Waals surface area contributed by atoms with Gasteiger partial charge in [-0.3, -0.25) is 9.48 Å². The first-order valence-corrected chi connectivity index (χ1v) is 11.8. The third-order valence-corrected chi connectivity index (χ3v) is 7.21. The molecular formula is C24H22FN7OS. The van der Waals surface area contributed by atoms with E-state index in [1.165, 1.54) is 24.0 Å². The molecule has 0 atom stereocenters. The topological polar surface area (TPSA) is 92.1 Å². The van der Waals surface area contributed by atoms with Crippen LogP contribution in [0.1, 0.15) is 37.1 Å². The van der Waals surface area contributed by atoms with Gasteiger partial charge in [-0.05, 0) is 38.0 Å². The molecule has 0 unspecified atom stereocenters. The van der Waals surface area contributed by atoms with Crippen molar-refractivity contribution in [1.29, 1.82) is 5.26 Å². The number of pyridine rings is 2. The molecule has 4 aromatic rings. The molecule has 0 aromatic carbocycles. The zero-order valence-electron chi connectivity index (χ0n) is 18.8. The second kappa shape index (κ2) is 8.91. The Kier molecular flexibility index (Phi) is 5.79. The van der Waals surface area contributed by atoms with Gasteiger partial charge in [-0.15, -0.1) is 0 Å². The molecule has 0 N–H and O–H groups in total. The molecule has 172 valence electrons. The summed E-state index contributed by atoms with van der Waals surface area (Å²) < 4.78 is 17.1. The first-order chi connectivity index (χ1) is 16.4. The van der Waals surface area contributed by atoms with E-state index in [0.29, 0.717) is 16.1 Å². The van der Waals surface area contributed by atoms with E-state index in [9.17, 15) is 14.4 Å². The second-order valence-corrected chi connectivity index (χ2v) is 9.36. The van der Waals surface area contributed by atoms with E-state index in [0.717, 1.165) is 47.6 Å². The van der Waals surface area contributed by atoms with Crippen LogP contribution in [0.15, 0.2) is 52.9 Å². The Morgan fingerprint density at radius 3 is 2.68 bits per heavy atom. The SMILES string of the molecule is CC(=O)N1CCC(n2ncc(-c3cc(Sc4ccc(F)cn4)c4c(C#N)cnn4c3)c2C)CC1. The van der Waals surface area contributed by atoms with Crippen LogP contribution in [0.4, 0.5) is 4.39 Å². The molecule has 0 aliphatic carbocycles. The molecule has 34 heavy (non-hydrogen) atoms. The standard InChI is InChI=1S/C24H22FN7OS/c1-15-21(13-29-32(15)20-5-7-30(8-6-20)16(2)33)17-9-22(34-23-4-3-19(25)12-27-23)24-18(10-26)11-28-31(24)14-17/h3-4,9,11-14,20H,5-8H2,1-2H3. The lowest BCUT2D eigenvalue weighted by Crippen LogP contribution is -2.38. The lowest BCUT2D eigenvalue weighted by Gasteiger charge is -2.32. The number of nitrogens with zero attached hydrogens (tertiary/aromatic N) is 7. The van der Waals surface area contributed by atoms with Gasteiger partial charge in [0.05, 0.1) is 35.7 Å². The minimum absolute atomic E-state index is 0.112. The molecule has 1 amide bonds. The number of rotatable bonds is 4. The van der Waals surface area contributed by atoms with E-state index >= 15 is 0 Å². The van der Waals surface area contributed by atoms with Gasteiger partial charge in [0.25, 0.3) is 0 Å². The molecule has 0 spiro atoms. The summed E-state index contributed by atoms with van der Waals surface area (Å²) in [7, 11) is 0. The van der Waals surface area contributed by atoms with E-state index in [2.05, 4.69) is 25.9 Å². The lowest BCUT2D eigenvalue weighted by molar-refractivity contribution is -0.130. The maximum atomic E-state index is 13.3. The van der Waals surface area contributed by atoms with Crippen molar-refractivity contribution in [3.8, 4) is 17.2 Å². The zero-order chi connectivity index (χ0) is 23.8. The summed E-state index contributed by atoms with van der Waals surface area (Å²) in [5.41, 5.74) is 4.06. The molecule has 1 aliphatic heterocycles. The molecule has 5 rings (SSSR count). The first kappa shape index (κ1) is 22.1. The Bertz CT molecular complexity index is 1410. The van der Waals surface area contributed by atoms with Gasteiger partial charge in [0.1, 0.15) is 16.9 Å². The number of piperidine rings is 1. The molecule has 1 aliphatic rings. The van der Waals surface area contributed by atoms with Crippen LogP contribution in [0.2, 0.25) is 0 Å². The van der Waals surface area contributed by atoms with Crippen LogP contribution in [0.25, 0.3) is 16.6 Å². The molecule has 10 heteroatoms. The first-order valence-electron chi connectivity index (χ1n) is 11.0. The van der Waals surface area contributed by atoms with Gasteiger partial charge in [-0.25, -0.2) is 13.9 Å². The highest BCUT2D eigenvalue weighted by Crippen LogP contribution is 2.36. The van der Waals surface area contributed by atoms with Crippen molar-refractivity contribution in [3.05, 3.63) is 60.1 Å². The molecule has 5 heterocycles. The van der Waals surface area contributed by atoms with E-state index in [4.69, 9.17) is 0 Å². The molecule has 4 aromatic heterocycles. The molecule has 0 radical (unpaired) electrons. The summed E-state index contributed by atoms with van der Waals surface area (Å²) >= 11 is 1.36. The number of halogens is 1. The molecule has 8 nitrogen and oxygen atoms in total. The zero-order valence-corrected chi connectivity index (χ0v) is 19.6. The van der Waals surface area contributed by atoms with Gasteiger partial charge in [-0.1, -0.05) is 11.8 Å². The summed E-state index contributed by atoms with van der Waals surface area (Å²) in [5, 5.41) is 19.2. The summed E-state index contributed by atoms with van der Waals surface area (Å²) in [6, 6.07) is 7.41. The predicted molar refractivity (Wildman–Crippen MR) is 125 cm³/mol. The van der Waals surface area contributed by atoms with Gasteiger partial charge in [0.2, 0.25) is 5.91 Å². The molecule has 1 saturated heterocycles. The largest absolute Gasteiger partial charge is 0.343 e. The van der Waals surface area contributed by atoms with Crippen molar-refractivity contribution < 1.29 is 9.18 Å². The fraction of sp³-hybridized carbons (Fsp3) is 0.292. The highest BCUT2D eigenvalue weighted by Gasteiger charge is 2.25. The summed E-state index contributed by atoms with van der Waals surface area (Å²) in [6.07, 6.45) is 8.19. The van der Waals surface area contributed by atoms with E-state index in [1.807, 2.05) is 30.3 Å². The van der Waals surface area contributed by atoms with Crippen LogP contribution < -0.4 is 0 Å². The normalized spacial score (nSPS) is 14.5. The van der Waals surface area contributed by atoms with Crippen LogP contribution in [-0.4, -0.2) is 48.3 Å². The van der Waals surface area contributed by atoms with Crippen molar-refractivity contribution >= 4 is 23.2 Å². The number of carbonyl (C=O) groups is 1. The van der Waals surface area contributed by atoms with Gasteiger partial charge < -0.3 is 4.90 Å². The lowest BCUT2D eigenvalue weighted by atomic mass is 10.0. The number of carbonyl (C=O) groups excluding carboxylic acids is 1. The summed E-state index contributed by atoms with van der Waals surface area (Å²) in [5.74, 6) is -0.288. The van der Waals surface area contributed by atoms with Crippen molar-refractivity contribution in [1.82, 2.24) is 29.3 Å². The fourth-order valence-electron chi connectivity index (χ4n) is 4.43. The van der Waals surface area contributed by atoms with E-state index in [-0.39, 0.29) is 11.9 Å². The molecule has 0 bridgehead atoms. The number of nitriles is 1. The quantitative estimate of drug-likeness (QED) is 0.438. The summed E-state index contributed by atoms with van der Waals surface area (Å²) in [4.78, 5) is 18.5. The van der Waals surface area contributed by atoms with Gasteiger partial charge >= 0.3 is 0 Å². The van der Waals surface area contributed by atoms with Gasteiger partial charge in [0.15, 0.2) is 0 Å². The van der Waals surface area contributed by atoms with Gasteiger partial charge in [0, 0.05) is 47.9 Å². The number of hydrogen-bond donors (Lipinski definition) is 0. The average Bonchev–Trinajstić information content (AvgIpc) is 3.44. The number of hydrogen-bond acceptors (Lipinski definition) is 6. The summed E-state index contributed by atoms with van der Waals surface area (Å²) in [6.45, 7) is 5.12. The number of likely N-dealkylation sites (tertiary alicyclic amines) is 1. The van der Waals surface area contributed by atoms with Crippen LogP contribution >= 0.6 is 11.8 Å². The Morgan fingerprint density at radius 1 is 1.21 bits per heavy atom. The third kappa shape index (κ3) is 4.03. The molecular weight excluding hydrogens is 453 g/mol. The van der Waals surface area contributed by atoms with E-state index < -0.39 is 5.82 Å². The highest BCUT2D eigenvalue weighted by molar-refractivity contribution is 7.99. The second-order valence-electron chi connectivity index (χ2n) is 8.30. The predicted octanol–water partition coefficient (Wildman–Crippen LogP) is 4.25. The fourth-order valence-corrected chi connectivity index (χ4v) is 5.38. The maximum absolute atomic E-state index is 13.3. The van der Waals surface area contributed by atoms with Crippen LogP contribution in [-0.2, 0) is 4.79 Å². The smallest absolute Gasteiger partial charge is 0.219 e. The Morgan fingerprint density at radius 2 is 2.00 bits per heavy atom. The molecule has 1 fully saturated rings. The van der Waals surface area contributed by atoms with Crippen molar-refractivity contribution in [2.45, 2.75) is 42.7 Å².